The molecule has 1 aromatic carbocycles. The van der Waals surface area contributed by atoms with Crippen molar-refractivity contribution in [3.8, 4) is 0 Å². The molecule has 1 amide bonds. The van der Waals surface area contributed by atoms with Crippen LogP contribution in [0, 0.1) is 0 Å². The first-order valence-corrected chi connectivity index (χ1v) is 6.06. The van der Waals surface area contributed by atoms with E-state index >= 15 is 0 Å². The van der Waals surface area contributed by atoms with Gasteiger partial charge in [-0.2, -0.15) is 0 Å². The summed E-state index contributed by atoms with van der Waals surface area (Å²) in [5.74, 6) is 0.493. The highest BCUT2D eigenvalue weighted by Crippen LogP contribution is 2.12. The monoisotopic (exact) mass is 244 g/mol. The number of fused-ring (bicyclic) bond motifs is 1. The minimum absolute atomic E-state index is 0.109. The molecule has 17 heavy (non-hydrogen) atoms. The van der Waals surface area contributed by atoms with E-state index in [9.17, 15) is 4.79 Å². The van der Waals surface area contributed by atoms with Gasteiger partial charge in [0, 0.05) is 0 Å². The number of imidazole rings is 1. The van der Waals surface area contributed by atoms with E-state index in [2.05, 4.69) is 15.3 Å². The average molecular weight is 244 g/mol. The van der Waals surface area contributed by atoms with Crippen molar-refractivity contribution in [3.63, 3.8) is 0 Å². The maximum atomic E-state index is 11.8. The molecule has 3 rings (SSSR count). The molecule has 0 aliphatic rings. The Morgan fingerprint density at radius 2 is 2.12 bits per heavy atom. The van der Waals surface area contributed by atoms with Gasteiger partial charge in [-0.3, -0.25) is 0 Å². The van der Waals surface area contributed by atoms with Crippen LogP contribution >= 0.6 is 11.3 Å². The number of hydrogen-bond acceptors (Lipinski definition) is 2. The molecule has 0 atom stereocenters. The normalized spacial score (nSPS) is 10.6. The minimum Gasteiger partial charge on any atom is -0.249 e. The summed E-state index contributed by atoms with van der Waals surface area (Å²) in [5, 5.41) is 4.67. The molecule has 3 aromatic rings. The van der Waals surface area contributed by atoms with Gasteiger partial charge in [0.1, 0.15) is 15.9 Å². The van der Waals surface area contributed by atoms with Gasteiger partial charge in [-0.15, -0.1) is 11.3 Å². The number of hydrogen-bond donors (Lipinski definition) is 2. The number of aromatic nitrogens is 2. The zero-order chi connectivity index (χ0) is 11.7. The quantitative estimate of drug-likeness (QED) is 0.714. The first kappa shape index (κ1) is 10.0. The van der Waals surface area contributed by atoms with Crippen LogP contribution in [0.3, 0.4) is 0 Å². The first-order valence-electron chi connectivity index (χ1n) is 5.18. The molecule has 0 saturated carbocycles. The SMILES string of the molecule is O=C(Nc1[nH]c2ccccc2[nH+]1)c1cccs1. The van der Waals surface area contributed by atoms with Crippen molar-refractivity contribution in [3.05, 3.63) is 46.7 Å². The number of thiophene rings is 1. The Bertz CT molecular complexity index is 624. The van der Waals surface area contributed by atoms with E-state index in [4.69, 9.17) is 0 Å². The van der Waals surface area contributed by atoms with Gasteiger partial charge in [-0.05, 0) is 23.6 Å². The lowest BCUT2D eigenvalue weighted by molar-refractivity contribution is -0.326. The fraction of sp³-hybridized carbons (Fsp3) is 0. The van der Waals surface area contributed by atoms with E-state index in [-0.39, 0.29) is 5.91 Å². The number of carbonyl (C=O) groups excluding carboxylic acids is 1. The number of anilines is 1. The highest BCUT2D eigenvalue weighted by atomic mass is 32.1. The van der Waals surface area contributed by atoms with E-state index in [0.29, 0.717) is 10.8 Å². The lowest BCUT2D eigenvalue weighted by atomic mass is 10.3. The summed E-state index contributed by atoms with van der Waals surface area (Å²) in [6.45, 7) is 0. The molecule has 0 saturated heterocycles. The first-order chi connectivity index (χ1) is 8.33. The molecule has 3 N–H and O–H groups in total. The van der Waals surface area contributed by atoms with E-state index in [1.807, 2.05) is 35.7 Å². The second kappa shape index (κ2) is 4.03. The molecular weight excluding hydrogens is 234 g/mol. The Balaban J connectivity index is 1.88. The fourth-order valence-corrected chi connectivity index (χ4v) is 2.27. The third kappa shape index (κ3) is 1.92. The number of amides is 1. The van der Waals surface area contributed by atoms with E-state index in [0.717, 1.165) is 11.0 Å². The summed E-state index contributed by atoms with van der Waals surface area (Å²) in [6, 6.07) is 11.4. The molecular formula is C12H10N3OS+. The smallest absolute Gasteiger partial charge is 0.249 e. The maximum absolute atomic E-state index is 11.8. The largest absolute Gasteiger partial charge is 0.361 e. The van der Waals surface area contributed by atoms with Crippen molar-refractivity contribution in [2.45, 2.75) is 0 Å². The number of rotatable bonds is 2. The number of nitrogens with one attached hydrogen (secondary N) is 3. The fourth-order valence-electron chi connectivity index (χ4n) is 1.65. The average Bonchev–Trinajstić information content (AvgIpc) is 2.97. The van der Waals surface area contributed by atoms with Crippen LogP contribution in [0.4, 0.5) is 5.95 Å². The summed E-state index contributed by atoms with van der Waals surface area (Å²) in [5.41, 5.74) is 1.93. The van der Waals surface area contributed by atoms with Crippen LogP contribution in [-0.2, 0) is 0 Å². The molecule has 0 fully saturated rings. The van der Waals surface area contributed by atoms with Crippen molar-refractivity contribution in [1.29, 1.82) is 0 Å². The molecule has 2 aromatic heterocycles. The minimum atomic E-state index is -0.109. The Morgan fingerprint density at radius 1 is 1.24 bits per heavy atom. The summed E-state index contributed by atoms with van der Waals surface area (Å²) >= 11 is 1.42. The predicted molar refractivity (Wildman–Crippen MR) is 67.1 cm³/mol. The zero-order valence-electron chi connectivity index (χ0n) is 8.86. The highest BCUT2D eigenvalue weighted by Gasteiger charge is 2.15. The number of benzene rings is 1. The third-order valence-electron chi connectivity index (χ3n) is 2.43. The van der Waals surface area contributed by atoms with Gasteiger partial charge in [0.15, 0.2) is 0 Å². The number of aromatic amines is 2. The molecule has 0 aliphatic heterocycles. The second-order valence-electron chi connectivity index (χ2n) is 3.60. The molecule has 5 heteroatoms. The highest BCUT2D eigenvalue weighted by molar-refractivity contribution is 7.12. The maximum Gasteiger partial charge on any atom is 0.361 e. The van der Waals surface area contributed by atoms with Gasteiger partial charge >= 0.3 is 11.9 Å². The zero-order valence-corrected chi connectivity index (χ0v) is 9.67. The summed E-state index contributed by atoms with van der Waals surface area (Å²) in [4.78, 5) is 18.7. The van der Waals surface area contributed by atoms with E-state index in [1.165, 1.54) is 11.3 Å². The van der Waals surface area contributed by atoms with Crippen molar-refractivity contribution < 1.29 is 9.78 Å². The molecule has 84 valence electrons. The summed E-state index contributed by atoms with van der Waals surface area (Å²) in [7, 11) is 0. The molecule has 0 radical (unpaired) electrons. The Labute approximate surface area is 101 Å². The van der Waals surface area contributed by atoms with Gasteiger partial charge in [0.05, 0.1) is 0 Å². The summed E-state index contributed by atoms with van der Waals surface area (Å²) in [6.07, 6.45) is 0. The van der Waals surface area contributed by atoms with Gasteiger partial charge in [-0.25, -0.2) is 20.1 Å². The van der Waals surface area contributed by atoms with Crippen LogP contribution in [0.25, 0.3) is 11.0 Å². The Morgan fingerprint density at radius 3 is 2.88 bits per heavy atom. The third-order valence-corrected chi connectivity index (χ3v) is 3.30. The number of para-hydroxylation sites is 2. The van der Waals surface area contributed by atoms with Crippen molar-refractivity contribution in [1.82, 2.24) is 4.98 Å². The van der Waals surface area contributed by atoms with Crippen LogP contribution in [0.2, 0.25) is 0 Å². The lowest BCUT2D eigenvalue weighted by Gasteiger charge is -1.91. The molecule has 0 aliphatic carbocycles. The van der Waals surface area contributed by atoms with Gasteiger partial charge in [0.2, 0.25) is 0 Å². The van der Waals surface area contributed by atoms with E-state index in [1.54, 1.807) is 6.07 Å². The van der Waals surface area contributed by atoms with Gasteiger partial charge in [-0.1, -0.05) is 18.2 Å². The van der Waals surface area contributed by atoms with Gasteiger partial charge < -0.3 is 0 Å². The lowest BCUT2D eigenvalue weighted by Crippen LogP contribution is -2.17. The van der Waals surface area contributed by atoms with Crippen LogP contribution in [0.5, 0.6) is 0 Å². The summed E-state index contributed by atoms with van der Waals surface area (Å²) < 4.78 is 0. The van der Waals surface area contributed by atoms with Crippen LogP contribution in [0.15, 0.2) is 41.8 Å². The van der Waals surface area contributed by atoms with Gasteiger partial charge in [0.25, 0.3) is 0 Å². The second-order valence-corrected chi connectivity index (χ2v) is 4.55. The molecule has 2 heterocycles. The Kier molecular flexibility index (Phi) is 2.38. The molecule has 0 spiro atoms. The van der Waals surface area contributed by atoms with Crippen molar-refractivity contribution >= 4 is 34.2 Å². The topological polar surface area (TPSA) is 59.0 Å². The molecule has 4 nitrogen and oxygen atoms in total. The standard InChI is InChI=1S/C12H9N3OS/c16-11(10-6-3-7-17-10)15-12-13-8-4-1-2-5-9(8)14-12/h1-7H,(H2,13,14,15,16)/p+1. The number of carbonyl (C=O) groups is 1. The van der Waals surface area contributed by atoms with Crippen LogP contribution in [-0.4, -0.2) is 10.9 Å². The van der Waals surface area contributed by atoms with Crippen molar-refractivity contribution in [2.75, 3.05) is 5.32 Å². The van der Waals surface area contributed by atoms with E-state index < -0.39 is 0 Å². The molecule has 0 bridgehead atoms. The Hall–Kier alpha value is -2.14. The molecule has 0 unspecified atom stereocenters. The van der Waals surface area contributed by atoms with Crippen LogP contribution in [0.1, 0.15) is 9.67 Å². The predicted octanol–water partition coefficient (Wildman–Crippen LogP) is 2.30. The van der Waals surface area contributed by atoms with Crippen LogP contribution < -0.4 is 10.3 Å². The van der Waals surface area contributed by atoms with Crippen molar-refractivity contribution in [2.24, 2.45) is 0 Å². The number of H-pyrrole nitrogens is 2.